The number of sulfonamides is 1. The molecule has 2 N–H and O–H groups in total. The van der Waals surface area contributed by atoms with Crippen LogP contribution in [-0.4, -0.2) is 38.8 Å². The number of nitrogens with one attached hydrogen (secondary N) is 1. The standard InChI is InChI=1S/C22H21ClN2O6S/c1-30-15-8-16(9-15)31-20-10-18(23)14(11-24)6-19(20)25-32(28,29)21-7-13(22(26)27)4-5-17(21)12-2-3-12/h4-7,10,12,15-16,25H,2-3,8-9H2,1H3,(H,26,27). The van der Waals surface area contributed by atoms with E-state index in [1.807, 2.05) is 6.07 Å². The summed E-state index contributed by atoms with van der Waals surface area (Å²) < 4.78 is 40.3. The lowest BCUT2D eigenvalue weighted by atomic mass is 9.92. The number of halogens is 1. The van der Waals surface area contributed by atoms with Crippen LogP contribution in [0.4, 0.5) is 5.69 Å². The van der Waals surface area contributed by atoms with E-state index in [2.05, 4.69) is 4.72 Å². The first kappa shape index (κ1) is 22.4. The highest BCUT2D eigenvalue weighted by Crippen LogP contribution is 2.44. The summed E-state index contributed by atoms with van der Waals surface area (Å²) in [5.74, 6) is -0.954. The van der Waals surface area contributed by atoms with Crippen LogP contribution >= 0.6 is 11.6 Å². The van der Waals surface area contributed by atoms with Gasteiger partial charge in [0.1, 0.15) is 17.9 Å². The lowest BCUT2D eigenvalue weighted by Crippen LogP contribution is -2.39. The Hall–Kier alpha value is -2.80. The second-order valence-corrected chi connectivity index (χ2v) is 10.0. The van der Waals surface area contributed by atoms with Gasteiger partial charge in [0.05, 0.1) is 32.8 Å². The Kier molecular flexibility index (Phi) is 6.03. The number of carbonyl (C=O) groups is 1. The Morgan fingerprint density at radius 3 is 2.53 bits per heavy atom. The molecular formula is C22H21ClN2O6S. The van der Waals surface area contributed by atoms with E-state index < -0.39 is 16.0 Å². The molecule has 0 saturated heterocycles. The molecule has 2 aromatic carbocycles. The third kappa shape index (κ3) is 4.53. The van der Waals surface area contributed by atoms with Crippen LogP contribution in [0.3, 0.4) is 0 Å². The molecule has 0 radical (unpaired) electrons. The monoisotopic (exact) mass is 476 g/mol. The number of methoxy groups -OCH3 is 1. The first-order valence-electron chi connectivity index (χ1n) is 10.0. The van der Waals surface area contributed by atoms with Crippen molar-refractivity contribution in [3.63, 3.8) is 0 Å². The van der Waals surface area contributed by atoms with Gasteiger partial charge in [0, 0.05) is 26.0 Å². The summed E-state index contributed by atoms with van der Waals surface area (Å²) in [7, 11) is -2.56. The van der Waals surface area contributed by atoms with E-state index in [4.69, 9.17) is 21.1 Å². The van der Waals surface area contributed by atoms with Crippen LogP contribution in [0.2, 0.25) is 5.02 Å². The zero-order valence-corrected chi connectivity index (χ0v) is 18.7. The molecule has 0 bridgehead atoms. The maximum Gasteiger partial charge on any atom is 0.335 e. The minimum atomic E-state index is -4.18. The van der Waals surface area contributed by atoms with E-state index in [0.29, 0.717) is 18.4 Å². The van der Waals surface area contributed by atoms with Crippen LogP contribution < -0.4 is 9.46 Å². The highest BCUT2D eigenvalue weighted by molar-refractivity contribution is 7.92. The number of hydrogen-bond donors (Lipinski definition) is 2. The van der Waals surface area contributed by atoms with Crippen LogP contribution in [0.5, 0.6) is 5.75 Å². The number of benzene rings is 2. The van der Waals surface area contributed by atoms with E-state index in [-0.39, 0.29) is 50.6 Å². The average molecular weight is 477 g/mol. The number of rotatable bonds is 8. The minimum absolute atomic E-state index is 0.0642. The highest BCUT2D eigenvalue weighted by Gasteiger charge is 2.34. The fourth-order valence-electron chi connectivity index (χ4n) is 3.64. The number of anilines is 1. The Morgan fingerprint density at radius 2 is 1.94 bits per heavy atom. The van der Waals surface area contributed by atoms with E-state index in [1.54, 1.807) is 13.2 Å². The molecule has 4 rings (SSSR count). The van der Waals surface area contributed by atoms with Crippen LogP contribution in [0.1, 0.15) is 53.1 Å². The predicted octanol–water partition coefficient (Wildman–Crippen LogP) is 4.14. The molecule has 8 nitrogen and oxygen atoms in total. The van der Waals surface area contributed by atoms with Crippen molar-refractivity contribution in [3.8, 4) is 11.8 Å². The molecular weight excluding hydrogens is 456 g/mol. The van der Waals surface area contributed by atoms with Gasteiger partial charge in [-0.05, 0) is 42.5 Å². The lowest BCUT2D eigenvalue weighted by molar-refractivity contribution is -0.0378. The maximum absolute atomic E-state index is 13.3. The minimum Gasteiger partial charge on any atom is -0.488 e. The van der Waals surface area contributed by atoms with Crippen LogP contribution in [0, 0.1) is 11.3 Å². The van der Waals surface area contributed by atoms with E-state index >= 15 is 0 Å². The zero-order chi connectivity index (χ0) is 23.0. The van der Waals surface area contributed by atoms with Crippen molar-refractivity contribution in [2.24, 2.45) is 0 Å². The number of aromatic carboxylic acids is 1. The van der Waals surface area contributed by atoms with E-state index in [9.17, 15) is 23.6 Å². The molecule has 2 aliphatic rings. The summed E-state index contributed by atoms with van der Waals surface area (Å²) in [5.41, 5.74) is 0.595. The zero-order valence-electron chi connectivity index (χ0n) is 17.2. The van der Waals surface area contributed by atoms with Gasteiger partial charge in [-0.1, -0.05) is 17.7 Å². The molecule has 0 heterocycles. The normalized spacial score (nSPS) is 20.2. The van der Waals surface area contributed by atoms with Gasteiger partial charge in [0.25, 0.3) is 10.0 Å². The lowest BCUT2D eigenvalue weighted by Gasteiger charge is -2.34. The molecule has 10 heteroatoms. The SMILES string of the molecule is COC1CC(Oc2cc(Cl)c(C#N)cc2NS(=O)(=O)c2cc(C(=O)O)ccc2C2CC2)C1. The fourth-order valence-corrected chi connectivity index (χ4v) is 5.22. The van der Waals surface area contributed by atoms with Gasteiger partial charge in [-0.25, -0.2) is 13.2 Å². The van der Waals surface area contributed by atoms with Gasteiger partial charge in [0.2, 0.25) is 0 Å². The van der Waals surface area contributed by atoms with E-state index in [1.165, 1.54) is 18.2 Å². The van der Waals surface area contributed by atoms with Crippen molar-refractivity contribution in [2.45, 2.75) is 48.7 Å². The van der Waals surface area contributed by atoms with Crippen molar-refractivity contribution >= 4 is 33.3 Å². The Bertz CT molecular complexity index is 1210. The molecule has 0 amide bonds. The maximum atomic E-state index is 13.3. The topological polar surface area (TPSA) is 126 Å². The molecule has 2 fully saturated rings. The number of carboxylic acids is 1. The van der Waals surface area contributed by atoms with Gasteiger partial charge < -0.3 is 14.6 Å². The first-order valence-corrected chi connectivity index (χ1v) is 11.9. The second-order valence-electron chi connectivity index (χ2n) is 7.95. The quantitative estimate of drug-likeness (QED) is 0.586. The molecule has 2 aliphatic carbocycles. The Morgan fingerprint density at radius 1 is 1.22 bits per heavy atom. The van der Waals surface area contributed by atoms with Crippen molar-refractivity contribution in [1.29, 1.82) is 5.26 Å². The summed E-state index contributed by atoms with van der Waals surface area (Å²) in [5, 5.41) is 18.8. The largest absolute Gasteiger partial charge is 0.488 e. The number of carboxylic acid groups (broad SMARTS) is 1. The van der Waals surface area contributed by atoms with Crippen molar-refractivity contribution < 1.29 is 27.8 Å². The molecule has 2 saturated carbocycles. The van der Waals surface area contributed by atoms with Crippen LogP contribution in [-0.2, 0) is 14.8 Å². The van der Waals surface area contributed by atoms with Crippen molar-refractivity contribution in [3.05, 3.63) is 52.0 Å². The first-order chi connectivity index (χ1) is 15.2. The Labute approximate surface area is 190 Å². The van der Waals surface area contributed by atoms with Gasteiger partial charge in [0.15, 0.2) is 0 Å². The fraction of sp³-hybridized carbons (Fsp3) is 0.364. The third-order valence-corrected chi connectivity index (χ3v) is 7.41. The smallest absolute Gasteiger partial charge is 0.335 e. The van der Waals surface area contributed by atoms with Crippen LogP contribution in [0.15, 0.2) is 35.2 Å². The molecule has 32 heavy (non-hydrogen) atoms. The van der Waals surface area contributed by atoms with Crippen molar-refractivity contribution in [2.75, 3.05) is 11.8 Å². The third-order valence-electron chi connectivity index (χ3n) is 5.68. The van der Waals surface area contributed by atoms with Gasteiger partial charge in [-0.15, -0.1) is 0 Å². The number of nitriles is 1. The summed E-state index contributed by atoms with van der Waals surface area (Å²) >= 11 is 6.15. The number of hydrogen-bond acceptors (Lipinski definition) is 6. The van der Waals surface area contributed by atoms with E-state index in [0.717, 1.165) is 18.9 Å². The van der Waals surface area contributed by atoms with Crippen molar-refractivity contribution in [1.82, 2.24) is 0 Å². The Balaban J connectivity index is 1.70. The van der Waals surface area contributed by atoms with Gasteiger partial charge in [-0.3, -0.25) is 4.72 Å². The summed E-state index contributed by atoms with van der Waals surface area (Å²) in [6.07, 6.45) is 2.87. The molecule has 0 aliphatic heterocycles. The second kappa shape index (κ2) is 8.62. The number of nitrogens with zero attached hydrogens (tertiary/aromatic N) is 1. The van der Waals surface area contributed by atoms with Crippen LogP contribution in [0.25, 0.3) is 0 Å². The molecule has 0 unspecified atom stereocenters. The van der Waals surface area contributed by atoms with Gasteiger partial charge in [-0.2, -0.15) is 5.26 Å². The molecule has 0 atom stereocenters. The summed E-state index contributed by atoms with van der Waals surface area (Å²) in [6.45, 7) is 0. The summed E-state index contributed by atoms with van der Waals surface area (Å²) in [6, 6.07) is 8.78. The molecule has 2 aromatic rings. The number of ether oxygens (including phenoxy) is 2. The van der Waals surface area contributed by atoms with Gasteiger partial charge >= 0.3 is 5.97 Å². The summed E-state index contributed by atoms with van der Waals surface area (Å²) in [4.78, 5) is 11.3. The molecule has 168 valence electrons. The predicted molar refractivity (Wildman–Crippen MR) is 117 cm³/mol. The molecule has 0 spiro atoms. The molecule has 0 aromatic heterocycles. The average Bonchev–Trinajstić information content (AvgIpc) is 3.56. The highest BCUT2D eigenvalue weighted by atomic mass is 35.5.